The maximum absolute atomic E-state index is 12.8. The molecule has 7 heteroatoms. The van der Waals surface area contributed by atoms with Crippen LogP contribution in [0.15, 0.2) is 48.5 Å². The minimum absolute atomic E-state index is 0.0260. The molecule has 1 saturated carbocycles. The fourth-order valence-corrected chi connectivity index (χ4v) is 3.71. The fraction of sp³-hybridized carbons (Fsp3) is 0.364. The number of nitrogens with zero attached hydrogens (tertiary/aromatic N) is 1. The van der Waals surface area contributed by atoms with Gasteiger partial charge in [0.2, 0.25) is 11.8 Å². The van der Waals surface area contributed by atoms with Gasteiger partial charge in [0.1, 0.15) is 5.75 Å². The van der Waals surface area contributed by atoms with E-state index in [9.17, 15) is 18.4 Å². The summed E-state index contributed by atoms with van der Waals surface area (Å²) >= 11 is 0. The Labute approximate surface area is 167 Å². The van der Waals surface area contributed by atoms with E-state index in [0.717, 1.165) is 18.4 Å². The highest BCUT2D eigenvalue weighted by Gasteiger charge is 2.41. The van der Waals surface area contributed by atoms with Crippen LogP contribution >= 0.6 is 0 Å². The number of benzene rings is 2. The van der Waals surface area contributed by atoms with Crippen molar-refractivity contribution < 1.29 is 23.1 Å². The van der Waals surface area contributed by atoms with Crippen LogP contribution in [-0.4, -0.2) is 35.9 Å². The predicted octanol–water partition coefficient (Wildman–Crippen LogP) is 3.83. The van der Waals surface area contributed by atoms with Crippen molar-refractivity contribution in [2.45, 2.75) is 38.3 Å². The summed E-state index contributed by atoms with van der Waals surface area (Å²) in [6, 6.07) is 14.3. The highest BCUT2D eigenvalue weighted by atomic mass is 19.3. The molecule has 0 bridgehead atoms. The Morgan fingerprint density at radius 3 is 2.62 bits per heavy atom. The van der Waals surface area contributed by atoms with Gasteiger partial charge in [0.05, 0.1) is 5.92 Å². The predicted molar refractivity (Wildman–Crippen MR) is 104 cm³/mol. The number of carbonyl (C=O) groups excluding carboxylic acids is 2. The number of rotatable bonds is 7. The normalized spacial score (nSPS) is 18.9. The molecule has 0 aromatic heterocycles. The fourth-order valence-electron chi connectivity index (χ4n) is 3.71. The van der Waals surface area contributed by atoms with Crippen molar-refractivity contribution in [3.05, 3.63) is 59.7 Å². The molecule has 2 aromatic rings. The van der Waals surface area contributed by atoms with Crippen molar-refractivity contribution in [1.29, 1.82) is 0 Å². The van der Waals surface area contributed by atoms with Crippen LogP contribution in [0.1, 0.15) is 30.4 Å². The highest BCUT2D eigenvalue weighted by molar-refractivity contribution is 5.97. The molecule has 152 valence electrons. The van der Waals surface area contributed by atoms with Crippen LogP contribution in [0.25, 0.3) is 0 Å². The van der Waals surface area contributed by atoms with Crippen LogP contribution in [0.3, 0.4) is 0 Å². The smallest absolute Gasteiger partial charge is 0.387 e. The van der Waals surface area contributed by atoms with Gasteiger partial charge in [-0.15, -0.1) is 0 Å². The third-order valence-electron chi connectivity index (χ3n) is 5.30. The number of nitrogens with one attached hydrogen (secondary N) is 1. The lowest BCUT2D eigenvalue weighted by Crippen LogP contribution is -2.29. The van der Waals surface area contributed by atoms with E-state index in [1.165, 1.54) is 6.07 Å². The number of likely N-dealkylation sites (tertiary alicyclic amines) is 1. The van der Waals surface area contributed by atoms with E-state index in [0.29, 0.717) is 30.3 Å². The van der Waals surface area contributed by atoms with Crippen LogP contribution in [0, 0.1) is 5.92 Å². The molecule has 1 aliphatic carbocycles. The van der Waals surface area contributed by atoms with Gasteiger partial charge in [0.25, 0.3) is 0 Å². The zero-order valence-corrected chi connectivity index (χ0v) is 15.8. The third kappa shape index (κ3) is 4.72. The van der Waals surface area contributed by atoms with Crippen molar-refractivity contribution in [2.24, 2.45) is 5.92 Å². The van der Waals surface area contributed by atoms with Crippen molar-refractivity contribution in [3.63, 3.8) is 0 Å². The van der Waals surface area contributed by atoms with Crippen molar-refractivity contribution in [2.75, 3.05) is 11.9 Å². The topological polar surface area (TPSA) is 58.6 Å². The average molecular weight is 400 g/mol. The monoisotopic (exact) mass is 400 g/mol. The largest absolute Gasteiger partial charge is 0.435 e. The molecule has 5 nitrogen and oxygen atoms in total. The molecule has 29 heavy (non-hydrogen) atoms. The molecule has 1 atom stereocenters. The van der Waals surface area contributed by atoms with E-state index >= 15 is 0 Å². The molecular formula is C22H22F2N2O3. The molecule has 1 aliphatic heterocycles. The number of alkyl halides is 2. The zero-order chi connectivity index (χ0) is 20.4. The second-order valence-electron chi connectivity index (χ2n) is 7.53. The van der Waals surface area contributed by atoms with Crippen molar-refractivity contribution >= 4 is 17.5 Å². The Balaban J connectivity index is 1.49. The standard InChI is InChI=1S/C22H22F2N2O3/c23-22(24)29-19-9-6-17(11-15(19)10-14-4-2-1-3-5-14)25-21(28)16-12-20(27)26(13-16)18-7-8-18/h1-6,9,11,16,18,22H,7-8,10,12-13H2,(H,25,28). The maximum Gasteiger partial charge on any atom is 0.387 e. The van der Waals surface area contributed by atoms with Crippen LogP contribution in [-0.2, 0) is 16.0 Å². The average Bonchev–Trinajstić information content (AvgIpc) is 3.46. The minimum Gasteiger partial charge on any atom is -0.435 e. The van der Waals surface area contributed by atoms with Crippen LogP contribution in [0.4, 0.5) is 14.5 Å². The lowest BCUT2D eigenvalue weighted by molar-refractivity contribution is -0.128. The Morgan fingerprint density at radius 2 is 1.93 bits per heavy atom. The first-order valence-corrected chi connectivity index (χ1v) is 9.71. The number of amides is 2. The van der Waals surface area contributed by atoms with Crippen LogP contribution in [0.5, 0.6) is 5.75 Å². The van der Waals surface area contributed by atoms with Gasteiger partial charge < -0.3 is 15.0 Å². The molecule has 1 unspecified atom stereocenters. The summed E-state index contributed by atoms with van der Waals surface area (Å²) in [4.78, 5) is 26.5. The zero-order valence-electron chi connectivity index (χ0n) is 15.8. The van der Waals surface area contributed by atoms with E-state index in [1.807, 2.05) is 30.3 Å². The summed E-state index contributed by atoms with van der Waals surface area (Å²) in [6.45, 7) is -2.48. The second-order valence-corrected chi connectivity index (χ2v) is 7.53. The van der Waals surface area contributed by atoms with Gasteiger partial charge in [0.15, 0.2) is 0 Å². The van der Waals surface area contributed by atoms with Gasteiger partial charge >= 0.3 is 6.61 Å². The molecule has 2 aromatic carbocycles. The van der Waals surface area contributed by atoms with E-state index in [1.54, 1.807) is 17.0 Å². The van der Waals surface area contributed by atoms with E-state index in [4.69, 9.17) is 0 Å². The number of hydrogen-bond donors (Lipinski definition) is 1. The van der Waals surface area contributed by atoms with Crippen molar-refractivity contribution in [1.82, 2.24) is 4.90 Å². The molecule has 2 amide bonds. The number of anilines is 1. The maximum atomic E-state index is 12.8. The van der Waals surface area contributed by atoms with Gasteiger partial charge in [0, 0.05) is 36.7 Å². The van der Waals surface area contributed by atoms with Crippen molar-refractivity contribution in [3.8, 4) is 5.75 Å². The van der Waals surface area contributed by atoms with Gasteiger partial charge in [-0.2, -0.15) is 8.78 Å². The molecular weight excluding hydrogens is 378 g/mol. The van der Waals surface area contributed by atoms with Crippen LogP contribution in [0.2, 0.25) is 0 Å². The van der Waals surface area contributed by atoms with Gasteiger partial charge in [-0.3, -0.25) is 9.59 Å². The Morgan fingerprint density at radius 1 is 1.17 bits per heavy atom. The van der Waals surface area contributed by atoms with E-state index < -0.39 is 12.5 Å². The first-order chi connectivity index (χ1) is 14.0. The Bertz CT molecular complexity index is 900. The third-order valence-corrected chi connectivity index (χ3v) is 5.30. The molecule has 1 N–H and O–H groups in total. The number of carbonyl (C=O) groups is 2. The van der Waals surface area contributed by atoms with E-state index in [-0.39, 0.29) is 24.0 Å². The summed E-state index contributed by atoms with van der Waals surface area (Å²) in [7, 11) is 0. The highest BCUT2D eigenvalue weighted by Crippen LogP contribution is 2.33. The summed E-state index contributed by atoms with van der Waals surface area (Å²) in [5, 5.41) is 2.83. The molecule has 2 fully saturated rings. The number of hydrogen-bond acceptors (Lipinski definition) is 3. The Hall–Kier alpha value is -2.96. The molecule has 2 aliphatic rings. The molecule has 1 heterocycles. The molecule has 0 spiro atoms. The first-order valence-electron chi connectivity index (χ1n) is 9.71. The van der Waals surface area contributed by atoms with E-state index in [2.05, 4.69) is 10.1 Å². The minimum atomic E-state index is -2.93. The van der Waals surface area contributed by atoms with Crippen LogP contribution < -0.4 is 10.1 Å². The number of ether oxygens (including phenoxy) is 1. The molecule has 4 rings (SSSR count). The molecule has 1 saturated heterocycles. The van der Waals surface area contributed by atoms with Gasteiger partial charge in [-0.05, 0) is 36.6 Å². The lowest BCUT2D eigenvalue weighted by atomic mass is 10.0. The Kier molecular flexibility index (Phi) is 5.47. The quantitative estimate of drug-likeness (QED) is 0.769. The second kappa shape index (κ2) is 8.19. The summed E-state index contributed by atoms with van der Waals surface area (Å²) in [5.41, 5.74) is 1.99. The molecule has 0 radical (unpaired) electrons. The number of halogens is 2. The summed E-state index contributed by atoms with van der Waals surface area (Å²) in [5.74, 6) is -0.511. The summed E-state index contributed by atoms with van der Waals surface area (Å²) < 4.78 is 30.2. The lowest BCUT2D eigenvalue weighted by Gasteiger charge is -2.16. The van der Waals surface area contributed by atoms with Gasteiger partial charge in [-0.25, -0.2) is 0 Å². The van der Waals surface area contributed by atoms with Gasteiger partial charge in [-0.1, -0.05) is 30.3 Å². The SMILES string of the molecule is O=C(Nc1ccc(OC(F)F)c(Cc2ccccc2)c1)C1CC(=O)N(C2CC2)C1. The first kappa shape index (κ1) is 19.4. The summed E-state index contributed by atoms with van der Waals surface area (Å²) in [6.07, 6.45) is 2.62.